The first kappa shape index (κ1) is 20.5. The van der Waals surface area contributed by atoms with E-state index >= 15 is 0 Å². The lowest BCUT2D eigenvalue weighted by Crippen LogP contribution is -2.44. The molecule has 0 radical (unpaired) electrons. The van der Waals surface area contributed by atoms with Crippen molar-refractivity contribution < 1.29 is 0 Å². The second-order valence-corrected chi connectivity index (χ2v) is 9.00. The Balaban J connectivity index is 1.70. The predicted octanol–water partition coefficient (Wildman–Crippen LogP) is 5.91. The smallest absolute Gasteiger partial charge is 0.147 e. The van der Waals surface area contributed by atoms with Crippen molar-refractivity contribution in [3.8, 4) is 22.5 Å². The van der Waals surface area contributed by atoms with Crippen molar-refractivity contribution in [1.82, 2.24) is 14.3 Å². The van der Waals surface area contributed by atoms with E-state index in [9.17, 15) is 0 Å². The molecule has 1 fully saturated rings. The molecular weight excluding hydrogens is 423 g/mol. The lowest BCUT2D eigenvalue weighted by Gasteiger charge is -2.34. The van der Waals surface area contributed by atoms with Gasteiger partial charge in [-0.3, -0.25) is 4.98 Å². The van der Waals surface area contributed by atoms with Gasteiger partial charge in [0.15, 0.2) is 0 Å². The van der Waals surface area contributed by atoms with Crippen LogP contribution < -0.4 is 4.90 Å². The Morgan fingerprint density at radius 3 is 1.93 bits per heavy atom. The fraction of sp³-hybridized carbons (Fsp3) is 0.273. The Morgan fingerprint density at radius 2 is 1.38 bits per heavy atom. The number of benzene rings is 2. The number of halogens is 2. The Morgan fingerprint density at radius 1 is 0.828 bits per heavy atom. The van der Waals surface area contributed by atoms with Crippen molar-refractivity contribution in [3.05, 3.63) is 64.8 Å². The minimum Gasteiger partial charge on any atom is -0.353 e. The minimum absolute atomic E-state index is 0.703. The highest BCUT2D eigenvalue weighted by atomic mass is 35.5. The summed E-state index contributed by atoms with van der Waals surface area (Å²) in [6, 6.07) is 15.5. The maximum atomic E-state index is 6.10. The molecular formula is C22H22Cl2N4S. The van der Waals surface area contributed by atoms with Crippen LogP contribution in [0.5, 0.6) is 0 Å². The van der Waals surface area contributed by atoms with Gasteiger partial charge in [-0.05, 0) is 24.3 Å². The molecule has 0 aliphatic carbocycles. The average molecular weight is 445 g/mol. The van der Waals surface area contributed by atoms with Crippen LogP contribution in [0.1, 0.15) is 6.92 Å². The zero-order chi connectivity index (χ0) is 20.2. The van der Waals surface area contributed by atoms with Crippen LogP contribution in [-0.2, 0) is 0 Å². The van der Waals surface area contributed by atoms with E-state index in [0.717, 1.165) is 60.3 Å². The normalized spacial score (nSPS) is 14.9. The Labute approximate surface area is 186 Å². The van der Waals surface area contributed by atoms with E-state index in [1.807, 2.05) is 66.7 Å². The summed E-state index contributed by atoms with van der Waals surface area (Å²) in [7, 11) is 0. The largest absolute Gasteiger partial charge is 0.353 e. The summed E-state index contributed by atoms with van der Waals surface area (Å²) in [6.07, 6.45) is 1.88. The fourth-order valence-electron chi connectivity index (χ4n) is 3.39. The quantitative estimate of drug-likeness (QED) is 0.456. The molecule has 0 saturated carbocycles. The van der Waals surface area contributed by atoms with Crippen molar-refractivity contribution in [2.75, 3.05) is 36.8 Å². The van der Waals surface area contributed by atoms with E-state index in [2.05, 4.69) is 16.1 Å². The molecule has 1 saturated heterocycles. The summed E-state index contributed by atoms with van der Waals surface area (Å²) in [6.45, 7) is 6.13. The molecule has 0 amide bonds. The lowest BCUT2D eigenvalue weighted by molar-refractivity contribution is 0.428. The van der Waals surface area contributed by atoms with Crippen molar-refractivity contribution in [3.63, 3.8) is 0 Å². The van der Waals surface area contributed by atoms with Crippen LogP contribution in [-0.4, -0.2) is 46.2 Å². The molecule has 2 heterocycles. The summed E-state index contributed by atoms with van der Waals surface area (Å²) in [4.78, 5) is 12.1. The SMILES string of the molecule is CCSN1CCN(c2cnc(-c3ccc(Cl)cc3)c(-c3ccc(Cl)cc3)n2)CC1. The number of rotatable bonds is 5. The van der Waals surface area contributed by atoms with Gasteiger partial charge in [-0.15, -0.1) is 0 Å². The van der Waals surface area contributed by atoms with E-state index in [-0.39, 0.29) is 0 Å². The van der Waals surface area contributed by atoms with Gasteiger partial charge in [-0.2, -0.15) is 0 Å². The molecule has 2 aromatic carbocycles. The maximum Gasteiger partial charge on any atom is 0.147 e. The molecule has 29 heavy (non-hydrogen) atoms. The zero-order valence-electron chi connectivity index (χ0n) is 16.2. The molecule has 1 aliphatic rings. The van der Waals surface area contributed by atoms with E-state index in [1.165, 1.54) is 0 Å². The van der Waals surface area contributed by atoms with Crippen LogP contribution in [0, 0.1) is 0 Å². The molecule has 4 nitrogen and oxygen atoms in total. The first-order chi connectivity index (χ1) is 14.1. The van der Waals surface area contributed by atoms with E-state index in [0.29, 0.717) is 10.0 Å². The van der Waals surface area contributed by atoms with Crippen molar-refractivity contribution in [1.29, 1.82) is 0 Å². The molecule has 0 unspecified atom stereocenters. The number of aromatic nitrogens is 2. The van der Waals surface area contributed by atoms with E-state index in [4.69, 9.17) is 33.2 Å². The molecule has 4 rings (SSSR count). The van der Waals surface area contributed by atoms with Gasteiger partial charge in [-0.25, -0.2) is 9.29 Å². The molecule has 150 valence electrons. The van der Waals surface area contributed by atoms with Gasteiger partial charge in [0, 0.05) is 53.1 Å². The van der Waals surface area contributed by atoms with Crippen molar-refractivity contribution in [2.45, 2.75) is 6.92 Å². The Bertz CT molecular complexity index is 956. The first-order valence-electron chi connectivity index (χ1n) is 9.66. The van der Waals surface area contributed by atoms with Crippen LogP contribution >= 0.6 is 35.1 Å². The average Bonchev–Trinajstić information content (AvgIpc) is 2.75. The molecule has 1 aliphatic heterocycles. The summed E-state index contributed by atoms with van der Waals surface area (Å²) in [5.41, 5.74) is 3.68. The third-order valence-corrected chi connectivity index (χ3v) is 6.36. The van der Waals surface area contributed by atoms with Crippen LogP contribution in [0.25, 0.3) is 22.5 Å². The standard InChI is InChI=1S/C22H22Cl2N4S/c1-2-29-28-13-11-27(12-14-28)20-15-25-21(16-3-7-18(23)8-4-16)22(26-20)17-5-9-19(24)10-6-17/h3-10,15H,2,11-14H2,1H3. The summed E-state index contributed by atoms with van der Waals surface area (Å²) >= 11 is 14.1. The lowest BCUT2D eigenvalue weighted by atomic mass is 10.0. The molecule has 1 aromatic heterocycles. The van der Waals surface area contributed by atoms with Crippen molar-refractivity contribution >= 4 is 41.0 Å². The summed E-state index contributed by atoms with van der Waals surface area (Å²) in [5, 5.41) is 1.41. The highest BCUT2D eigenvalue weighted by molar-refractivity contribution is 7.96. The van der Waals surface area contributed by atoms with Crippen molar-refractivity contribution in [2.24, 2.45) is 0 Å². The third-order valence-electron chi connectivity index (χ3n) is 4.87. The number of piperazine rings is 1. The predicted molar refractivity (Wildman–Crippen MR) is 125 cm³/mol. The second-order valence-electron chi connectivity index (χ2n) is 6.77. The van der Waals surface area contributed by atoms with Gasteiger partial charge in [0.1, 0.15) is 5.82 Å². The second kappa shape index (κ2) is 9.35. The highest BCUT2D eigenvalue weighted by Crippen LogP contribution is 2.32. The van der Waals surface area contributed by atoms with Crippen LogP contribution in [0.2, 0.25) is 10.0 Å². The minimum atomic E-state index is 0.703. The van der Waals surface area contributed by atoms with Crippen LogP contribution in [0.3, 0.4) is 0 Å². The Kier molecular flexibility index (Phi) is 6.60. The Hall–Kier alpha value is -1.79. The van der Waals surface area contributed by atoms with Gasteiger partial charge in [0.2, 0.25) is 0 Å². The monoisotopic (exact) mass is 444 g/mol. The van der Waals surface area contributed by atoms with Gasteiger partial charge in [-0.1, -0.05) is 66.3 Å². The molecule has 0 atom stereocenters. The number of nitrogens with zero attached hydrogens (tertiary/aromatic N) is 4. The van der Waals surface area contributed by atoms with Crippen LogP contribution in [0.15, 0.2) is 54.7 Å². The van der Waals surface area contributed by atoms with Crippen LogP contribution in [0.4, 0.5) is 5.82 Å². The van der Waals surface area contributed by atoms with Gasteiger partial charge in [0.25, 0.3) is 0 Å². The maximum absolute atomic E-state index is 6.10. The first-order valence-corrected chi connectivity index (χ1v) is 11.4. The molecule has 7 heteroatoms. The van der Waals surface area contributed by atoms with Gasteiger partial charge >= 0.3 is 0 Å². The highest BCUT2D eigenvalue weighted by Gasteiger charge is 2.20. The molecule has 0 N–H and O–H groups in total. The topological polar surface area (TPSA) is 32.3 Å². The molecule has 3 aromatic rings. The van der Waals surface area contributed by atoms with Gasteiger partial charge < -0.3 is 4.90 Å². The summed E-state index contributed by atoms with van der Waals surface area (Å²) in [5.74, 6) is 2.02. The number of anilines is 1. The molecule has 0 spiro atoms. The fourth-order valence-corrected chi connectivity index (χ4v) is 4.43. The summed E-state index contributed by atoms with van der Waals surface area (Å²) < 4.78 is 2.42. The number of hydrogen-bond acceptors (Lipinski definition) is 5. The zero-order valence-corrected chi connectivity index (χ0v) is 18.5. The van der Waals surface area contributed by atoms with Gasteiger partial charge in [0.05, 0.1) is 17.6 Å². The number of hydrogen-bond donors (Lipinski definition) is 0. The molecule has 0 bridgehead atoms. The van der Waals surface area contributed by atoms with E-state index in [1.54, 1.807) is 0 Å². The third kappa shape index (κ3) is 4.86. The van der Waals surface area contributed by atoms with E-state index < -0.39 is 0 Å².